The number of ether oxygens (including phenoxy) is 1. The van der Waals surface area contributed by atoms with Gasteiger partial charge in [-0.3, -0.25) is 4.79 Å². The van der Waals surface area contributed by atoms with Gasteiger partial charge in [0.1, 0.15) is 5.82 Å². The van der Waals surface area contributed by atoms with Crippen LogP contribution in [0.15, 0.2) is 42.7 Å². The number of fused-ring (bicyclic) bond motifs is 1. The van der Waals surface area contributed by atoms with Crippen LogP contribution in [-0.2, 0) is 6.54 Å². The molecule has 1 aromatic carbocycles. The van der Waals surface area contributed by atoms with Crippen molar-refractivity contribution in [2.24, 2.45) is 5.73 Å². The van der Waals surface area contributed by atoms with Gasteiger partial charge in [0, 0.05) is 18.1 Å². The van der Waals surface area contributed by atoms with Gasteiger partial charge < -0.3 is 20.1 Å². The summed E-state index contributed by atoms with van der Waals surface area (Å²) in [6.07, 6.45) is 3.31. The van der Waals surface area contributed by atoms with E-state index in [1.807, 2.05) is 4.57 Å². The zero-order valence-electron chi connectivity index (χ0n) is 12.1. The van der Waals surface area contributed by atoms with Gasteiger partial charge in [0.15, 0.2) is 18.2 Å². The number of aliphatic hydroxyl groups is 1. The van der Waals surface area contributed by atoms with E-state index in [4.69, 9.17) is 15.6 Å². The average molecular weight is 315 g/mol. The Balaban J connectivity index is 2.05. The quantitative estimate of drug-likeness (QED) is 0.701. The highest BCUT2D eigenvalue weighted by molar-refractivity contribution is 6.00. The lowest BCUT2D eigenvalue weighted by atomic mass is 10.2. The molecule has 1 amide bonds. The van der Waals surface area contributed by atoms with E-state index in [0.717, 1.165) is 5.56 Å². The minimum atomic E-state index is -0.735. The van der Waals surface area contributed by atoms with Gasteiger partial charge in [-0.2, -0.15) is 0 Å². The third kappa shape index (κ3) is 2.86. The largest absolute Gasteiger partial charge is 0.465 e. The van der Waals surface area contributed by atoms with Gasteiger partial charge >= 0.3 is 0 Å². The Kier molecular flexibility index (Phi) is 3.94. The highest BCUT2D eigenvalue weighted by Crippen LogP contribution is 2.29. The van der Waals surface area contributed by atoms with Crippen molar-refractivity contribution in [2.75, 3.05) is 6.79 Å². The standard InChI is InChI=1S/C16H14FN3O3/c17-11-3-1-10(2-4-11)8-20-6-5-12-13(20)7-19-14(16(18)22)15(12)23-9-21/h1-7,21H,8-9H2,(H2,18,22). The maximum absolute atomic E-state index is 13.0. The van der Waals surface area contributed by atoms with Crippen molar-refractivity contribution in [2.45, 2.75) is 6.54 Å². The fraction of sp³-hybridized carbons (Fsp3) is 0.125. The molecule has 0 fully saturated rings. The van der Waals surface area contributed by atoms with E-state index in [2.05, 4.69) is 4.98 Å². The first kappa shape index (κ1) is 15.0. The van der Waals surface area contributed by atoms with Crippen molar-refractivity contribution in [1.29, 1.82) is 0 Å². The van der Waals surface area contributed by atoms with E-state index >= 15 is 0 Å². The maximum atomic E-state index is 13.0. The molecule has 3 N–H and O–H groups in total. The number of pyridine rings is 1. The van der Waals surface area contributed by atoms with Gasteiger partial charge in [0.2, 0.25) is 0 Å². The van der Waals surface area contributed by atoms with Gasteiger partial charge in [0.25, 0.3) is 5.91 Å². The van der Waals surface area contributed by atoms with E-state index in [1.165, 1.54) is 18.3 Å². The highest BCUT2D eigenvalue weighted by atomic mass is 19.1. The van der Waals surface area contributed by atoms with Crippen LogP contribution in [0.2, 0.25) is 0 Å². The second-order valence-electron chi connectivity index (χ2n) is 4.94. The Morgan fingerprint density at radius 1 is 1.30 bits per heavy atom. The van der Waals surface area contributed by atoms with Crippen molar-refractivity contribution in [1.82, 2.24) is 9.55 Å². The molecule has 0 spiro atoms. The number of halogens is 1. The Morgan fingerprint density at radius 3 is 2.70 bits per heavy atom. The number of rotatable bonds is 5. The second kappa shape index (κ2) is 6.05. The van der Waals surface area contributed by atoms with Gasteiger partial charge in [-0.25, -0.2) is 9.37 Å². The average Bonchev–Trinajstić information content (AvgIpc) is 2.93. The van der Waals surface area contributed by atoms with Crippen LogP contribution in [0.5, 0.6) is 5.75 Å². The van der Waals surface area contributed by atoms with Crippen molar-refractivity contribution in [3.05, 3.63) is 59.8 Å². The number of amides is 1. The minimum absolute atomic E-state index is 0.0360. The molecule has 0 aliphatic rings. The van der Waals surface area contributed by atoms with Gasteiger partial charge in [-0.05, 0) is 23.8 Å². The van der Waals surface area contributed by atoms with Crippen LogP contribution in [0, 0.1) is 5.82 Å². The molecule has 0 atom stereocenters. The molecule has 0 saturated heterocycles. The van der Waals surface area contributed by atoms with Crippen LogP contribution in [0.1, 0.15) is 16.1 Å². The molecule has 0 radical (unpaired) electrons. The first-order chi connectivity index (χ1) is 11.1. The summed E-state index contributed by atoms with van der Waals surface area (Å²) in [5.41, 5.74) is 6.86. The Labute approximate surface area is 130 Å². The number of hydrogen-bond donors (Lipinski definition) is 2. The number of aromatic nitrogens is 2. The van der Waals surface area contributed by atoms with Crippen molar-refractivity contribution in [3.8, 4) is 5.75 Å². The Morgan fingerprint density at radius 2 is 2.04 bits per heavy atom. The SMILES string of the molecule is NC(=O)c1ncc2c(ccn2Cc2ccc(F)cc2)c1OCO. The molecule has 3 rings (SSSR count). The summed E-state index contributed by atoms with van der Waals surface area (Å²) in [4.78, 5) is 15.4. The predicted molar refractivity (Wildman–Crippen MR) is 81.5 cm³/mol. The maximum Gasteiger partial charge on any atom is 0.271 e. The van der Waals surface area contributed by atoms with E-state index in [-0.39, 0.29) is 17.3 Å². The topological polar surface area (TPSA) is 90.4 Å². The fourth-order valence-corrected chi connectivity index (χ4v) is 2.44. The number of carbonyl (C=O) groups excluding carboxylic acids is 1. The molecular weight excluding hydrogens is 301 g/mol. The third-order valence-electron chi connectivity index (χ3n) is 3.49. The van der Waals surface area contributed by atoms with Gasteiger partial charge in [-0.15, -0.1) is 0 Å². The monoisotopic (exact) mass is 315 g/mol. The highest BCUT2D eigenvalue weighted by Gasteiger charge is 2.17. The van der Waals surface area contributed by atoms with Crippen LogP contribution in [0.25, 0.3) is 10.9 Å². The van der Waals surface area contributed by atoms with E-state index in [9.17, 15) is 9.18 Å². The van der Waals surface area contributed by atoms with Crippen molar-refractivity contribution >= 4 is 16.8 Å². The fourth-order valence-electron chi connectivity index (χ4n) is 2.44. The van der Waals surface area contributed by atoms with Crippen molar-refractivity contribution < 1.29 is 19.0 Å². The minimum Gasteiger partial charge on any atom is -0.465 e. The molecule has 3 aromatic rings. The van der Waals surface area contributed by atoms with Crippen LogP contribution in [-0.4, -0.2) is 27.4 Å². The summed E-state index contributed by atoms with van der Waals surface area (Å²) in [6.45, 7) is -0.0931. The van der Waals surface area contributed by atoms with E-state index < -0.39 is 12.7 Å². The number of nitrogens with zero attached hydrogens (tertiary/aromatic N) is 2. The summed E-state index contributed by atoms with van der Waals surface area (Å²) in [5.74, 6) is -0.880. The van der Waals surface area contributed by atoms with Gasteiger partial charge in [-0.1, -0.05) is 12.1 Å². The van der Waals surface area contributed by atoms with Crippen LogP contribution < -0.4 is 10.5 Å². The molecule has 0 bridgehead atoms. The van der Waals surface area contributed by atoms with E-state index in [1.54, 1.807) is 24.4 Å². The lowest BCUT2D eigenvalue weighted by Gasteiger charge is -2.10. The van der Waals surface area contributed by atoms with Crippen LogP contribution in [0.3, 0.4) is 0 Å². The van der Waals surface area contributed by atoms with Crippen molar-refractivity contribution in [3.63, 3.8) is 0 Å². The molecule has 0 unspecified atom stereocenters. The molecule has 0 aliphatic heterocycles. The Bertz CT molecular complexity index is 859. The molecular formula is C16H14FN3O3. The molecule has 0 aliphatic carbocycles. The summed E-state index contributed by atoms with van der Waals surface area (Å²) >= 11 is 0. The number of aliphatic hydroxyl groups excluding tert-OH is 1. The number of benzene rings is 1. The zero-order valence-corrected chi connectivity index (χ0v) is 12.1. The zero-order chi connectivity index (χ0) is 16.4. The molecule has 2 heterocycles. The molecule has 118 valence electrons. The predicted octanol–water partition coefficient (Wildman–Crippen LogP) is 1.65. The number of carbonyl (C=O) groups is 1. The lowest BCUT2D eigenvalue weighted by Crippen LogP contribution is -2.15. The summed E-state index contributed by atoms with van der Waals surface area (Å²) in [6, 6.07) is 7.92. The number of primary amides is 1. The summed E-state index contributed by atoms with van der Waals surface area (Å²) in [7, 11) is 0. The lowest BCUT2D eigenvalue weighted by molar-refractivity contribution is 0.0922. The third-order valence-corrected chi connectivity index (χ3v) is 3.49. The smallest absolute Gasteiger partial charge is 0.271 e. The number of hydrogen-bond acceptors (Lipinski definition) is 4. The van der Waals surface area contributed by atoms with Crippen LogP contribution >= 0.6 is 0 Å². The van der Waals surface area contributed by atoms with Crippen LogP contribution in [0.4, 0.5) is 4.39 Å². The molecule has 6 nitrogen and oxygen atoms in total. The Hall–Kier alpha value is -2.93. The van der Waals surface area contributed by atoms with Gasteiger partial charge in [0.05, 0.1) is 11.7 Å². The summed E-state index contributed by atoms with van der Waals surface area (Å²) < 4.78 is 20.0. The normalized spacial score (nSPS) is 10.9. The first-order valence-corrected chi connectivity index (χ1v) is 6.86. The first-order valence-electron chi connectivity index (χ1n) is 6.86. The second-order valence-corrected chi connectivity index (χ2v) is 4.94. The number of nitrogens with two attached hydrogens (primary N) is 1. The molecule has 7 heteroatoms. The molecule has 0 saturated carbocycles. The molecule has 23 heavy (non-hydrogen) atoms. The van der Waals surface area contributed by atoms with E-state index in [0.29, 0.717) is 17.4 Å². The summed E-state index contributed by atoms with van der Waals surface area (Å²) in [5, 5.41) is 9.62. The molecule has 2 aromatic heterocycles.